The van der Waals surface area contributed by atoms with Gasteiger partial charge in [-0.1, -0.05) is 12.1 Å². The summed E-state index contributed by atoms with van der Waals surface area (Å²) in [6.45, 7) is 0. The second-order valence-electron chi connectivity index (χ2n) is 4.99. The van der Waals surface area contributed by atoms with Crippen LogP contribution in [0.3, 0.4) is 0 Å². The molecule has 0 spiro atoms. The predicted octanol–water partition coefficient (Wildman–Crippen LogP) is 4.03. The van der Waals surface area contributed by atoms with Crippen LogP contribution in [0.25, 0.3) is 11.1 Å². The van der Waals surface area contributed by atoms with E-state index >= 15 is 0 Å². The third-order valence-electron chi connectivity index (χ3n) is 3.58. The molecule has 1 fully saturated rings. The zero-order valence-corrected chi connectivity index (χ0v) is 10.6. The van der Waals surface area contributed by atoms with Gasteiger partial charge in [0.2, 0.25) is 0 Å². The van der Waals surface area contributed by atoms with Gasteiger partial charge in [-0.05, 0) is 48.1 Å². The number of aldehydes is 1. The molecule has 20 heavy (non-hydrogen) atoms. The lowest BCUT2D eigenvalue weighted by Crippen LogP contribution is -1.97. The Bertz CT molecular complexity index is 674. The molecule has 102 valence electrons. The first-order valence-corrected chi connectivity index (χ1v) is 6.38. The SMILES string of the molecule is O=Cc1cc(C2CC2)c(-c2ccc(F)cc2)c(F)c1O. The third kappa shape index (κ3) is 2.07. The maximum atomic E-state index is 14.4. The van der Waals surface area contributed by atoms with E-state index in [4.69, 9.17) is 0 Å². The lowest BCUT2D eigenvalue weighted by atomic mass is 9.93. The van der Waals surface area contributed by atoms with E-state index in [2.05, 4.69) is 0 Å². The van der Waals surface area contributed by atoms with Crippen molar-refractivity contribution in [1.29, 1.82) is 0 Å². The molecular weight excluding hydrogens is 262 g/mol. The fraction of sp³-hybridized carbons (Fsp3) is 0.188. The molecule has 1 aliphatic carbocycles. The van der Waals surface area contributed by atoms with Crippen LogP contribution in [-0.2, 0) is 0 Å². The van der Waals surface area contributed by atoms with Crippen LogP contribution in [0, 0.1) is 11.6 Å². The van der Waals surface area contributed by atoms with Crippen molar-refractivity contribution in [2.45, 2.75) is 18.8 Å². The number of aromatic hydroxyl groups is 1. The monoisotopic (exact) mass is 274 g/mol. The van der Waals surface area contributed by atoms with Crippen molar-refractivity contribution in [1.82, 2.24) is 0 Å². The van der Waals surface area contributed by atoms with Gasteiger partial charge in [-0.3, -0.25) is 4.79 Å². The van der Waals surface area contributed by atoms with Gasteiger partial charge in [-0.2, -0.15) is 0 Å². The van der Waals surface area contributed by atoms with Gasteiger partial charge >= 0.3 is 0 Å². The molecule has 3 rings (SSSR count). The van der Waals surface area contributed by atoms with E-state index in [0.717, 1.165) is 12.8 Å². The predicted molar refractivity (Wildman–Crippen MR) is 70.8 cm³/mol. The summed E-state index contributed by atoms with van der Waals surface area (Å²) < 4.78 is 27.4. The summed E-state index contributed by atoms with van der Waals surface area (Å²) in [6.07, 6.45) is 2.30. The number of benzene rings is 2. The molecule has 2 aromatic carbocycles. The molecule has 0 unspecified atom stereocenters. The second-order valence-corrected chi connectivity index (χ2v) is 4.99. The van der Waals surface area contributed by atoms with E-state index < -0.39 is 17.4 Å². The smallest absolute Gasteiger partial charge is 0.173 e. The lowest BCUT2D eigenvalue weighted by molar-refractivity contribution is 0.112. The molecule has 2 aromatic rings. The Hall–Kier alpha value is -2.23. The van der Waals surface area contributed by atoms with Crippen molar-refractivity contribution in [3.05, 3.63) is 53.1 Å². The Morgan fingerprint density at radius 2 is 1.80 bits per heavy atom. The van der Waals surface area contributed by atoms with Crippen molar-refractivity contribution in [2.75, 3.05) is 0 Å². The minimum atomic E-state index is -0.817. The first-order chi connectivity index (χ1) is 9.61. The number of phenolic OH excluding ortho intramolecular Hbond substituents is 1. The molecule has 4 heteroatoms. The van der Waals surface area contributed by atoms with Gasteiger partial charge < -0.3 is 5.11 Å². The third-order valence-corrected chi connectivity index (χ3v) is 3.58. The zero-order valence-electron chi connectivity index (χ0n) is 10.6. The Morgan fingerprint density at radius 1 is 1.15 bits per heavy atom. The molecule has 0 heterocycles. The van der Waals surface area contributed by atoms with Crippen molar-refractivity contribution >= 4 is 6.29 Å². The summed E-state index contributed by atoms with van der Waals surface area (Å²) in [5.41, 5.74) is 1.42. The van der Waals surface area contributed by atoms with Crippen LogP contribution >= 0.6 is 0 Å². The standard InChI is InChI=1S/C16H12F2O2/c17-12-5-3-10(4-6-12)14-13(9-1-2-9)7-11(8-19)16(20)15(14)18/h3-9,20H,1-2H2. The maximum absolute atomic E-state index is 14.4. The van der Waals surface area contributed by atoms with Gasteiger partial charge in [0.15, 0.2) is 17.9 Å². The van der Waals surface area contributed by atoms with Crippen LogP contribution in [0.4, 0.5) is 8.78 Å². The van der Waals surface area contributed by atoms with Gasteiger partial charge in [0.1, 0.15) is 5.82 Å². The first kappa shape index (κ1) is 12.8. The van der Waals surface area contributed by atoms with Crippen molar-refractivity contribution in [3.8, 4) is 16.9 Å². The highest BCUT2D eigenvalue weighted by atomic mass is 19.1. The average molecular weight is 274 g/mol. The molecule has 1 saturated carbocycles. The van der Waals surface area contributed by atoms with Crippen molar-refractivity contribution in [3.63, 3.8) is 0 Å². The molecule has 0 amide bonds. The van der Waals surface area contributed by atoms with Crippen molar-refractivity contribution < 1.29 is 18.7 Å². The Morgan fingerprint density at radius 3 is 2.35 bits per heavy atom. The van der Waals surface area contributed by atoms with E-state index in [0.29, 0.717) is 17.4 Å². The summed E-state index contributed by atoms with van der Waals surface area (Å²) >= 11 is 0. The summed E-state index contributed by atoms with van der Waals surface area (Å²) in [5.74, 6) is -1.67. The number of hydrogen-bond acceptors (Lipinski definition) is 2. The fourth-order valence-electron chi connectivity index (χ4n) is 2.40. The largest absolute Gasteiger partial charge is 0.504 e. The molecular formula is C16H12F2O2. The van der Waals surface area contributed by atoms with Gasteiger partial charge in [-0.15, -0.1) is 0 Å². The minimum Gasteiger partial charge on any atom is -0.504 e. The van der Waals surface area contributed by atoms with Crippen LogP contribution < -0.4 is 0 Å². The summed E-state index contributed by atoms with van der Waals surface area (Å²) in [4.78, 5) is 10.9. The zero-order chi connectivity index (χ0) is 14.3. The number of rotatable bonds is 3. The van der Waals surface area contributed by atoms with E-state index in [-0.39, 0.29) is 17.0 Å². The first-order valence-electron chi connectivity index (χ1n) is 6.38. The van der Waals surface area contributed by atoms with Crippen LogP contribution in [0.5, 0.6) is 5.75 Å². The van der Waals surface area contributed by atoms with Crippen LogP contribution in [-0.4, -0.2) is 11.4 Å². The highest BCUT2D eigenvalue weighted by Crippen LogP contribution is 2.47. The second kappa shape index (κ2) is 4.71. The summed E-state index contributed by atoms with van der Waals surface area (Å²) in [5, 5.41) is 9.74. The Balaban J connectivity index is 2.25. The van der Waals surface area contributed by atoms with Gasteiger partial charge in [-0.25, -0.2) is 8.78 Å². The fourth-order valence-corrected chi connectivity index (χ4v) is 2.40. The average Bonchev–Trinajstić information content (AvgIpc) is 3.27. The number of carbonyl (C=O) groups excluding carboxylic acids is 1. The molecule has 0 aromatic heterocycles. The molecule has 2 nitrogen and oxygen atoms in total. The Labute approximate surface area is 114 Å². The number of phenols is 1. The van der Waals surface area contributed by atoms with E-state index in [1.54, 1.807) is 0 Å². The van der Waals surface area contributed by atoms with Gasteiger partial charge in [0, 0.05) is 5.56 Å². The number of hydrogen-bond donors (Lipinski definition) is 1. The van der Waals surface area contributed by atoms with E-state index in [1.165, 1.54) is 30.3 Å². The summed E-state index contributed by atoms with van der Waals surface area (Å²) in [7, 11) is 0. The molecule has 1 aliphatic rings. The van der Waals surface area contributed by atoms with Crippen LogP contribution in [0.1, 0.15) is 34.7 Å². The molecule has 0 aliphatic heterocycles. The number of halogens is 2. The molecule has 1 N–H and O–H groups in total. The molecule has 0 bridgehead atoms. The van der Waals surface area contributed by atoms with Gasteiger partial charge in [0.25, 0.3) is 0 Å². The summed E-state index contributed by atoms with van der Waals surface area (Å²) in [6, 6.07) is 6.97. The molecule has 0 saturated heterocycles. The molecule has 0 atom stereocenters. The molecule has 0 radical (unpaired) electrons. The normalized spacial score (nSPS) is 14.3. The van der Waals surface area contributed by atoms with Gasteiger partial charge in [0.05, 0.1) is 5.56 Å². The quantitative estimate of drug-likeness (QED) is 0.858. The van der Waals surface area contributed by atoms with E-state index in [1.807, 2.05) is 0 Å². The van der Waals surface area contributed by atoms with Crippen LogP contribution in [0.15, 0.2) is 30.3 Å². The highest BCUT2D eigenvalue weighted by Gasteiger charge is 2.30. The van der Waals surface area contributed by atoms with Crippen molar-refractivity contribution in [2.24, 2.45) is 0 Å². The highest BCUT2D eigenvalue weighted by molar-refractivity contribution is 5.84. The maximum Gasteiger partial charge on any atom is 0.173 e. The topological polar surface area (TPSA) is 37.3 Å². The minimum absolute atomic E-state index is 0.0461. The van der Waals surface area contributed by atoms with E-state index in [9.17, 15) is 18.7 Å². The number of carbonyl (C=O) groups is 1. The lowest BCUT2D eigenvalue weighted by Gasteiger charge is -2.13. The van der Waals surface area contributed by atoms with Crippen LogP contribution in [0.2, 0.25) is 0 Å². The Kier molecular flexibility index (Phi) is 3.01.